The fraction of sp³-hybridized carbons (Fsp3) is 0.269. The van der Waals surface area contributed by atoms with Gasteiger partial charge in [0.2, 0.25) is 5.91 Å². The maximum Gasteiger partial charge on any atom is 0.264 e. The largest absolute Gasteiger partial charge is 0.497 e. The Morgan fingerprint density at radius 2 is 1.69 bits per heavy atom. The number of carbonyl (C=O) groups excluding carboxylic acids is 1. The average molecular weight is 513 g/mol. The molecule has 3 aromatic rings. The van der Waals surface area contributed by atoms with Crippen molar-refractivity contribution in [2.24, 2.45) is 0 Å². The summed E-state index contributed by atoms with van der Waals surface area (Å²) in [5, 5.41) is 2.88. The maximum absolute atomic E-state index is 13.7. The van der Waals surface area contributed by atoms with Gasteiger partial charge in [0.05, 0.1) is 30.8 Å². The van der Waals surface area contributed by atoms with Gasteiger partial charge in [-0.05, 0) is 48.9 Å². The van der Waals surface area contributed by atoms with Crippen molar-refractivity contribution in [3.05, 3.63) is 72.3 Å². The van der Waals surface area contributed by atoms with Crippen molar-refractivity contribution in [2.45, 2.75) is 17.9 Å². The van der Waals surface area contributed by atoms with Crippen molar-refractivity contribution >= 4 is 21.6 Å². The topological polar surface area (TPSA) is 103 Å². The summed E-state index contributed by atoms with van der Waals surface area (Å²) >= 11 is 0. The van der Waals surface area contributed by atoms with E-state index in [0.717, 1.165) is 9.87 Å². The minimum atomic E-state index is -4.12. The monoisotopic (exact) mass is 512 g/mol. The lowest BCUT2D eigenvalue weighted by molar-refractivity contribution is -0.120. The number of carbonyl (C=O) groups is 1. The summed E-state index contributed by atoms with van der Waals surface area (Å²) in [5.41, 5.74) is 0.979. The van der Waals surface area contributed by atoms with Crippen molar-refractivity contribution in [3.63, 3.8) is 0 Å². The van der Waals surface area contributed by atoms with E-state index in [1.165, 1.54) is 32.4 Å². The van der Waals surface area contributed by atoms with Gasteiger partial charge in [-0.15, -0.1) is 0 Å². The van der Waals surface area contributed by atoms with Crippen LogP contribution in [0.1, 0.15) is 18.5 Å². The first-order chi connectivity index (χ1) is 17.3. The van der Waals surface area contributed by atoms with Gasteiger partial charge in [0, 0.05) is 6.07 Å². The second-order valence-corrected chi connectivity index (χ2v) is 9.92. The highest BCUT2D eigenvalue weighted by Gasteiger charge is 2.30. The smallest absolute Gasteiger partial charge is 0.264 e. The SMILES string of the molecule is COc1ccc(OC)c(N(CC(=O)NC(C)c2ccc3c(c2)OCCO3)S(=O)(=O)c2ccccc2)c1. The molecular weight excluding hydrogens is 484 g/mol. The van der Waals surface area contributed by atoms with Gasteiger partial charge >= 0.3 is 0 Å². The Hall–Kier alpha value is -3.92. The summed E-state index contributed by atoms with van der Waals surface area (Å²) in [5.74, 6) is 1.46. The molecule has 0 aliphatic carbocycles. The van der Waals surface area contributed by atoms with Crippen LogP contribution in [0.15, 0.2) is 71.6 Å². The van der Waals surface area contributed by atoms with E-state index in [1.807, 2.05) is 19.1 Å². The maximum atomic E-state index is 13.7. The first-order valence-corrected chi connectivity index (χ1v) is 12.8. The molecule has 1 heterocycles. The number of fused-ring (bicyclic) bond motifs is 1. The first-order valence-electron chi connectivity index (χ1n) is 11.3. The molecule has 0 fully saturated rings. The zero-order valence-corrected chi connectivity index (χ0v) is 21.1. The lowest BCUT2D eigenvalue weighted by Crippen LogP contribution is -2.41. The minimum Gasteiger partial charge on any atom is -0.497 e. The molecule has 9 nitrogen and oxygen atoms in total. The van der Waals surface area contributed by atoms with Gasteiger partial charge in [-0.2, -0.15) is 0 Å². The Labute approximate surface area is 210 Å². The van der Waals surface area contributed by atoms with Crippen molar-refractivity contribution in [2.75, 3.05) is 38.3 Å². The molecule has 190 valence electrons. The van der Waals surface area contributed by atoms with Gasteiger partial charge in [0.25, 0.3) is 10.0 Å². The van der Waals surface area contributed by atoms with Crippen molar-refractivity contribution in [1.82, 2.24) is 5.32 Å². The van der Waals surface area contributed by atoms with Gasteiger partial charge in [-0.1, -0.05) is 24.3 Å². The molecule has 1 aliphatic rings. The number of hydrogen-bond donors (Lipinski definition) is 1. The second kappa shape index (κ2) is 10.8. The lowest BCUT2D eigenvalue weighted by Gasteiger charge is -2.27. The van der Waals surface area contributed by atoms with Crippen molar-refractivity contribution < 1.29 is 32.2 Å². The summed E-state index contributed by atoms with van der Waals surface area (Å²) in [6, 6.07) is 17.7. The van der Waals surface area contributed by atoms with Gasteiger partial charge in [-0.3, -0.25) is 9.10 Å². The average Bonchev–Trinajstić information content (AvgIpc) is 2.91. The molecule has 1 aliphatic heterocycles. The lowest BCUT2D eigenvalue weighted by atomic mass is 10.1. The number of amides is 1. The van der Waals surface area contributed by atoms with Crippen LogP contribution in [0.5, 0.6) is 23.0 Å². The Balaban J connectivity index is 1.64. The number of rotatable bonds is 9. The zero-order valence-electron chi connectivity index (χ0n) is 20.3. The quantitative estimate of drug-likeness (QED) is 0.468. The summed E-state index contributed by atoms with van der Waals surface area (Å²) in [6.07, 6.45) is 0. The Morgan fingerprint density at radius 1 is 0.972 bits per heavy atom. The number of hydrogen-bond acceptors (Lipinski definition) is 7. The third-order valence-corrected chi connectivity index (χ3v) is 7.49. The van der Waals surface area contributed by atoms with Crippen LogP contribution in [0.25, 0.3) is 0 Å². The second-order valence-electron chi connectivity index (χ2n) is 8.05. The molecule has 36 heavy (non-hydrogen) atoms. The molecule has 1 unspecified atom stereocenters. The number of nitrogens with one attached hydrogen (secondary N) is 1. The molecule has 0 saturated carbocycles. The van der Waals surface area contributed by atoms with E-state index in [-0.39, 0.29) is 16.3 Å². The number of ether oxygens (including phenoxy) is 4. The molecule has 0 saturated heterocycles. The van der Waals surface area contributed by atoms with Crippen LogP contribution in [0.4, 0.5) is 5.69 Å². The van der Waals surface area contributed by atoms with Gasteiger partial charge in [-0.25, -0.2) is 8.42 Å². The zero-order chi connectivity index (χ0) is 25.7. The van der Waals surface area contributed by atoms with E-state index < -0.39 is 28.5 Å². The van der Waals surface area contributed by atoms with Crippen LogP contribution in [-0.2, 0) is 14.8 Å². The molecule has 0 spiro atoms. The number of nitrogens with zero attached hydrogens (tertiary/aromatic N) is 1. The van der Waals surface area contributed by atoms with Crippen molar-refractivity contribution in [3.8, 4) is 23.0 Å². The molecule has 4 rings (SSSR count). The summed E-state index contributed by atoms with van der Waals surface area (Å²) in [7, 11) is -1.21. The standard InChI is InChI=1S/C26H28N2O7S/c1-18(19-9-11-24-25(15-19)35-14-13-34-24)27-26(29)17-28(36(30,31)21-7-5-4-6-8-21)22-16-20(32-2)10-12-23(22)33-3/h4-12,15-16,18H,13-14,17H2,1-3H3,(H,27,29). The van der Waals surface area contributed by atoms with Crippen LogP contribution in [0, 0.1) is 0 Å². The highest BCUT2D eigenvalue weighted by atomic mass is 32.2. The molecular formula is C26H28N2O7S. The van der Waals surface area contributed by atoms with E-state index in [2.05, 4.69) is 5.32 Å². The fourth-order valence-electron chi connectivity index (χ4n) is 3.84. The number of anilines is 1. The van der Waals surface area contributed by atoms with Crippen molar-refractivity contribution in [1.29, 1.82) is 0 Å². The normalized spacial score (nSPS) is 13.4. The van der Waals surface area contributed by atoms with Crippen LogP contribution in [-0.4, -0.2) is 48.3 Å². The van der Waals surface area contributed by atoms with Gasteiger partial charge in [0.1, 0.15) is 31.3 Å². The van der Waals surface area contributed by atoms with Crippen LogP contribution >= 0.6 is 0 Å². The molecule has 10 heteroatoms. The van der Waals surface area contributed by atoms with Crippen LogP contribution in [0.3, 0.4) is 0 Å². The molecule has 3 aromatic carbocycles. The molecule has 0 radical (unpaired) electrons. The van der Waals surface area contributed by atoms with E-state index in [9.17, 15) is 13.2 Å². The highest BCUT2D eigenvalue weighted by Crippen LogP contribution is 2.36. The minimum absolute atomic E-state index is 0.0440. The molecule has 1 N–H and O–H groups in total. The van der Waals surface area contributed by atoms with Crippen LogP contribution in [0.2, 0.25) is 0 Å². The first kappa shape index (κ1) is 25.2. The summed E-state index contributed by atoms with van der Waals surface area (Å²) in [4.78, 5) is 13.2. The van der Waals surface area contributed by atoms with E-state index in [0.29, 0.717) is 30.5 Å². The summed E-state index contributed by atoms with van der Waals surface area (Å²) in [6.45, 7) is 2.27. The van der Waals surface area contributed by atoms with Gasteiger partial charge in [0.15, 0.2) is 11.5 Å². The Bertz CT molecular complexity index is 1330. The summed E-state index contributed by atoms with van der Waals surface area (Å²) < 4.78 is 50.3. The third-order valence-electron chi connectivity index (χ3n) is 5.72. The number of benzene rings is 3. The Morgan fingerprint density at radius 3 is 2.39 bits per heavy atom. The molecule has 0 aromatic heterocycles. The highest BCUT2D eigenvalue weighted by molar-refractivity contribution is 7.92. The predicted molar refractivity (Wildman–Crippen MR) is 135 cm³/mol. The van der Waals surface area contributed by atoms with Gasteiger partial charge < -0.3 is 24.3 Å². The predicted octanol–water partition coefficient (Wildman–Crippen LogP) is 3.55. The van der Waals surface area contributed by atoms with E-state index in [1.54, 1.807) is 36.4 Å². The third kappa shape index (κ3) is 5.33. The Kier molecular flexibility index (Phi) is 7.54. The molecule has 1 amide bonds. The number of methoxy groups -OCH3 is 2. The molecule has 0 bridgehead atoms. The number of sulfonamides is 1. The molecule has 1 atom stereocenters. The van der Waals surface area contributed by atoms with Crippen LogP contribution < -0.4 is 28.6 Å². The van der Waals surface area contributed by atoms with E-state index >= 15 is 0 Å². The fourth-order valence-corrected chi connectivity index (χ4v) is 5.29. The van der Waals surface area contributed by atoms with E-state index in [4.69, 9.17) is 18.9 Å².